The van der Waals surface area contributed by atoms with E-state index < -0.39 is 0 Å². The van der Waals surface area contributed by atoms with Crippen LogP contribution >= 0.6 is 11.6 Å². The molecule has 140 valence electrons. The fourth-order valence-corrected chi connectivity index (χ4v) is 2.61. The van der Waals surface area contributed by atoms with Gasteiger partial charge in [0.25, 0.3) is 0 Å². The third-order valence-corrected chi connectivity index (χ3v) is 4.19. The second-order valence-corrected chi connectivity index (χ2v) is 7.65. The van der Waals surface area contributed by atoms with E-state index >= 15 is 0 Å². The van der Waals surface area contributed by atoms with Crippen molar-refractivity contribution in [3.05, 3.63) is 70.9 Å². The molecular weight excluding hydrogens is 367 g/mol. The van der Waals surface area contributed by atoms with Crippen LogP contribution in [0.5, 0.6) is 0 Å². The van der Waals surface area contributed by atoms with Gasteiger partial charge < -0.3 is 5.32 Å². The highest BCUT2D eigenvalue weighted by Gasteiger charge is 2.21. The topological polar surface area (TPSA) is 59.8 Å². The molecule has 0 aliphatic heterocycles. The van der Waals surface area contributed by atoms with Gasteiger partial charge in [-0.25, -0.2) is 14.1 Å². The molecule has 2 aromatic heterocycles. The van der Waals surface area contributed by atoms with E-state index in [0.29, 0.717) is 16.7 Å². The van der Waals surface area contributed by atoms with Crippen LogP contribution in [0.1, 0.15) is 32.0 Å². The molecule has 0 spiro atoms. The van der Waals surface area contributed by atoms with E-state index in [4.69, 9.17) is 11.6 Å². The van der Waals surface area contributed by atoms with E-state index in [1.165, 1.54) is 12.1 Å². The van der Waals surface area contributed by atoms with Gasteiger partial charge >= 0.3 is 0 Å². The third kappa shape index (κ3) is 4.71. The first-order valence-corrected chi connectivity index (χ1v) is 8.87. The summed E-state index contributed by atoms with van der Waals surface area (Å²) in [7, 11) is 0. The maximum absolute atomic E-state index is 13.3. The molecule has 0 saturated heterocycles. The second kappa shape index (κ2) is 7.48. The van der Waals surface area contributed by atoms with Crippen LogP contribution < -0.4 is 5.32 Å². The molecule has 2 heterocycles. The van der Waals surface area contributed by atoms with Crippen molar-refractivity contribution in [2.75, 3.05) is 5.32 Å². The molecule has 7 heteroatoms. The number of amides is 1. The number of nitrogens with zero attached hydrogens (tertiary/aromatic N) is 3. The highest BCUT2D eigenvalue weighted by atomic mass is 35.5. The molecule has 0 saturated carbocycles. The fourth-order valence-electron chi connectivity index (χ4n) is 2.50. The van der Waals surface area contributed by atoms with Gasteiger partial charge in [0, 0.05) is 17.7 Å². The van der Waals surface area contributed by atoms with Gasteiger partial charge in [0.05, 0.1) is 17.8 Å². The van der Waals surface area contributed by atoms with Crippen molar-refractivity contribution in [2.45, 2.75) is 32.6 Å². The Labute approximate surface area is 162 Å². The molecular formula is C20H20ClFN4O. The van der Waals surface area contributed by atoms with Crippen LogP contribution in [-0.2, 0) is 16.6 Å². The van der Waals surface area contributed by atoms with Crippen molar-refractivity contribution in [1.29, 1.82) is 0 Å². The summed E-state index contributed by atoms with van der Waals surface area (Å²) in [6.07, 6.45) is 1.73. The third-order valence-electron chi connectivity index (χ3n) is 3.97. The first-order valence-electron chi connectivity index (χ1n) is 8.49. The van der Waals surface area contributed by atoms with Crippen molar-refractivity contribution < 1.29 is 9.18 Å². The second-order valence-electron chi connectivity index (χ2n) is 7.27. The van der Waals surface area contributed by atoms with Crippen molar-refractivity contribution in [2.24, 2.45) is 0 Å². The van der Waals surface area contributed by atoms with Crippen LogP contribution in [0, 0.1) is 5.82 Å². The molecule has 0 unspecified atom stereocenters. The largest absolute Gasteiger partial charge is 0.310 e. The number of carbonyl (C=O) groups excluding carboxylic acids is 1. The zero-order valence-electron chi connectivity index (χ0n) is 15.3. The smallest absolute Gasteiger partial charge is 0.230 e. The highest BCUT2D eigenvalue weighted by molar-refractivity contribution is 6.29. The number of carbonyl (C=O) groups is 1. The van der Waals surface area contributed by atoms with E-state index in [9.17, 15) is 9.18 Å². The van der Waals surface area contributed by atoms with Crippen LogP contribution in [0.2, 0.25) is 5.15 Å². The molecule has 0 radical (unpaired) electrons. The van der Waals surface area contributed by atoms with Gasteiger partial charge in [0.2, 0.25) is 5.91 Å². The number of hydrogen-bond donors (Lipinski definition) is 1. The van der Waals surface area contributed by atoms with E-state index in [1.54, 1.807) is 35.1 Å². The average molecular weight is 387 g/mol. The van der Waals surface area contributed by atoms with Gasteiger partial charge in [0.1, 0.15) is 16.8 Å². The molecule has 1 aromatic carbocycles. The summed E-state index contributed by atoms with van der Waals surface area (Å²) < 4.78 is 14.9. The number of benzene rings is 1. The van der Waals surface area contributed by atoms with Crippen LogP contribution in [0.3, 0.4) is 0 Å². The van der Waals surface area contributed by atoms with Crippen LogP contribution in [0.25, 0.3) is 5.69 Å². The normalized spacial score (nSPS) is 11.4. The van der Waals surface area contributed by atoms with Gasteiger partial charge in [-0.05, 0) is 35.9 Å². The summed E-state index contributed by atoms with van der Waals surface area (Å²) in [6, 6.07) is 11.2. The Morgan fingerprint density at radius 3 is 2.48 bits per heavy atom. The quantitative estimate of drug-likeness (QED) is 0.670. The summed E-state index contributed by atoms with van der Waals surface area (Å²) in [6.45, 7) is 6.11. The molecule has 0 atom stereocenters. The van der Waals surface area contributed by atoms with Crippen LogP contribution in [0.4, 0.5) is 10.2 Å². The standard InChI is InChI=1S/C20H20ClFN4O/c1-20(2,3)16-11-18(26(25-16)15-7-5-14(22)6-8-15)24-19(27)10-13-4-9-17(21)23-12-13/h4-9,11-12H,10H2,1-3H3,(H,24,27). The molecule has 3 aromatic rings. The minimum Gasteiger partial charge on any atom is -0.310 e. The lowest BCUT2D eigenvalue weighted by Gasteiger charge is -2.14. The first-order chi connectivity index (χ1) is 12.7. The molecule has 0 aliphatic carbocycles. The predicted octanol–water partition coefficient (Wildman–Crippen LogP) is 4.54. The van der Waals surface area contributed by atoms with Crippen molar-refractivity contribution >= 4 is 23.3 Å². The monoisotopic (exact) mass is 386 g/mol. The molecule has 1 N–H and O–H groups in total. The zero-order chi connectivity index (χ0) is 19.6. The molecule has 0 bridgehead atoms. The molecule has 3 rings (SSSR count). The molecule has 27 heavy (non-hydrogen) atoms. The van der Waals surface area contributed by atoms with Crippen molar-refractivity contribution in [3.63, 3.8) is 0 Å². The Morgan fingerprint density at radius 1 is 1.19 bits per heavy atom. The number of hydrogen-bond acceptors (Lipinski definition) is 3. The molecule has 0 aliphatic rings. The number of pyridine rings is 1. The summed E-state index contributed by atoms with van der Waals surface area (Å²) in [4.78, 5) is 16.5. The zero-order valence-corrected chi connectivity index (χ0v) is 16.1. The van der Waals surface area contributed by atoms with E-state index in [1.807, 2.05) is 26.8 Å². The Hall–Kier alpha value is -2.73. The Bertz CT molecular complexity index is 944. The minimum absolute atomic E-state index is 0.156. The van der Waals surface area contributed by atoms with Crippen molar-refractivity contribution in [1.82, 2.24) is 14.8 Å². The van der Waals surface area contributed by atoms with E-state index in [-0.39, 0.29) is 23.6 Å². The lowest BCUT2D eigenvalue weighted by Crippen LogP contribution is -2.17. The number of aromatic nitrogens is 3. The van der Waals surface area contributed by atoms with Crippen LogP contribution in [-0.4, -0.2) is 20.7 Å². The summed E-state index contributed by atoms with van der Waals surface area (Å²) in [5.41, 5.74) is 2.02. The molecule has 5 nitrogen and oxygen atoms in total. The van der Waals surface area contributed by atoms with Gasteiger partial charge in [-0.3, -0.25) is 4.79 Å². The average Bonchev–Trinajstić information content (AvgIpc) is 3.02. The Balaban J connectivity index is 1.88. The lowest BCUT2D eigenvalue weighted by atomic mass is 9.92. The van der Waals surface area contributed by atoms with E-state index in [0.717, 1.165) is 11.3 Å². The number of rotatable bonds is 4. The Morgan fingerprint density at radius 2 is 1.89 bits per heavy atom. The maximum Gasteiger partial charge on any atom is 0.230 e. The first kappa shape index (κ1) is 19.0. The summed E-state index contributed by atoms with van der Waals surface area (Å²) in [5, 5.41) is 7.87. The van der Waals surface area contributed by atoms with Gasteiger partial charge in [-0.2, -0.15) is 5.10 Å². The number of nitrogens with one attached hydrogen (secondary N) is 1. The fraction of sp³-hybridized carbons (Fsp3) is 0.250. The number of anilines is 1. The Kier molecular flexibility index (Phi) is 5.28. The minimum atomic E-state index is -0.331. The molecule has 0 fully saturated rings. The number of halogens is 2. The molecule has 1 amide bonds. The van der Waals surface area contributed by atoms with Crippen LogP contribution in [0.15, 0.2) is 48.7 Å². The van der Waals surface area contributed by atoms with Gasteiger partial charge in [0.15, 0.2) is 0 Å². The predicted molar refractivity (Wildman–Crippen MR) is 104 cm³/mol. The van der Waals surface area contributed by atoms with Gasteiger partial charge in [-0.1, -0.05) is 38.4 Å². The highest BCUT2D eigenvalue weighted by Crippen LogP contribution is 2.26. The van der Waals surface area contributed by atoms with Crippen molar-refractivity contribution in [3.8, 4) is 5.69 Å². The van der Waals surface area contributed by atoms with Gasteiger partial charge in [-0.15, -0.1) is 0 Å². The summed E-state index contributed by atoms with van der Waals surface area (Å²) in [5.74, 6) is -0.0101. The SMILES string of the molecule is CC(C)(C)c1cc(NC(=O)Cc2ccc(Cl)nc2)n(-c2ccc(F)cc2)n1. The maximum atomic E-state index is 13.3. The summed E-state index contributed by atoms with van der Waals surface area (Å²) >= 11 is 5.77. The van der Waals surface area contributed by atoms with E-state index in [2.05, 4.69) is 15.4 Å². The lowest BCUT2D eigenvalue weighted by molar-refractivity contribution is -0.115.